The summed E-state index contributed by atoms with van der Waals surface area (Å²) in [6, 6.07) is 6.24. The number of hydrogen-bond donors (Lipinski definition) is 1. The monoisotopic (exact) mass is 257 g/mol. The van der Waals surface area contributed by atoms with Crippen molar-refractivity contribution in [1.29, 1.82) is 0 Å². The van der Waals surface area contributed by atoms with Gasteiger partial charge in [-0.2, -0.15) is 0 Å². The van der Waals surface area contributed by atoms with E-state index in [1.807, 2.05) is 19.1 Å². The Hall–Kier alpha value is -2.28. The molecule has 1 aromatic rings. The molecule has 1 heterocycles. The third-order valence-electron chi connectivity index (χ3n) is 3.42. The molecule has 2 rings (SSSR count). The third-order valence-corrected chi connectivity index (χ3v) is 3.42. The molecule has 0 spiro atoms. The maximum atomic E-state index is 11.9. The van der Waals surface area contributed by atoms with Crippen LogP contribution in [0.4, 0.5) is 0 Å². The second-order valence-electron chi connectivity index (χ2n) is 4.71. The molecule has 1 N–H and O–H groups in total. The molecule has 1 aliphatic rings. The summed E-state index contributed by atoms with van der Waals surface area (Å²) in [7, 11) is 0. The molecule has 1 amide bonds. The largest absolute Gasteiger partial charge is 0.479 e. The summed E-state index contributed by atoms with van der Waals surface area (Å²) in [5.41, 5.74) is 1.49. The minimum Gasteiger partial charge on any atom is -0.479 e. The number of benzene rings is 1. The highest BCUT2D eigenvalue weighted by atomic mass is 16.4. The number of hydrogen-bond acceptors (Lipinski definition) is 2. The Balaban J connectivity index is 2.38. The Morgan fingerprint density at radius 1 is 1.53 bits per heavy atom. The van der Waals surface area contributed by atoms with Gasteiger partial charge < -0.3 is 10.0 Å². The van der Waals surface area contributed by atoms with Crippen molar-refractivity contribution in [2.24, 2.45) is 5.92 Å². The zero-order valence-corrected chi connectivity index (χ0v) is 10.7. The van der Waals surface area contributed by atoms with E-state index in [1.54, 1.807) is 12.1 Å². The molecule has 98 valence electrons. The molecule has 0 radical (unpaired) electrons. The topological polar surface area (TPSA) is 57.6 Å². The van der Waals surface area contributed by atoms with Crippen LogP contribution in [0.15, 0.2) is 24.3 Å². The molecule has 1 aliphatic heterocycles. The molecule has 4 nitrogen and oxygen atoms in total. The predicted molar refractivity (Wildman–Crippen MR) is 70.2 cm³/mol. The number of nitrogens with zero attached hydrogens (tertiary/aromatic N) is 1. The van der Waals surface area contributed by atoms with E-state index in [0.717, 1.165) is 5.56 Å². The number of amides is 1. The first-order chi connectivity index (χ1) is 9.04. The summed E-state index contributed by atoms with van der Waals surface area (Å²) in [5, 5.41) is 9.44. The van der Waals surface area contributed by atoms with Gasteiger partial charge in [0.05, 0.1) is 0 Å². The molecule has 0 bridgehead atoms. The van der Waals surface area contributed by atoms with Crippen molar-refractivity contribution in [2.75, 3.05) is 6.54 Å². The average Bonchev–Trinajstić information content (AvgIpc) is 2.73. The van der Waals surface area contributed by atoms with Gasteiger partial charge in [-0.3, -0.25) is 4.79 Å². The third kappa shape index (κ3) is 2.45. The number of carbonyl (C=O) groups is 2. The number of likely N-dealkylation sites (tertiary alicyclic amines) is 1. The number of terminal acetylenes is 1. The SMILES string of the molecule is C#CC1CC(=O)N(C(C(=O)O)c2ccccc2C)C1. The zero-order chi connectivity index (χ0) is 14.0. The highest BCUT2D eigenvalue weighted by molar-refractivity contribution is 5.86. The fourth-order valence-corrected chi connectivity index (χ4v) is 2.42. The molecule has 0 aliphatic carbocycles. The maximum absolute atomic E-state index is 11.9. The molecular weight excluding hydrogens is 242 g/mol. The van der Waals surface area contributed by atoms with Crippen molar-refractivity contribution in [3.05, 3.63) is 35.4 Å². The number of carboxylic acids is 1. The Labute approximate surface area is 112 Å². The van der Waals surface area contributed by atoms with E-state index >= 15 is 0 Å². The summed E-state index contributed by atoms with van der Waals surface area (Å²) in [6.45, 7) is 2.14. The minimum atomic E-state index is -1.03. The van der Waals surface area contributed by atoms with E-state index in [-0.39, 0.29) is 18.2 Å². The maximum Gasteiger partial charge on any atom is 0.331 e. The molecule has 2 unspecified atom stereocenters. The van der Waals surface area contributed by atoms with Gasteiger partial charge in [-0.15, -0.1) is 12.3 Å². The van der Waals surface area contributed by atoms with Gasteiger partial charge in [0.2, 0.25) is 5.91 Å². The Morgan fingerprint density at radius 2 is 2.21 bits per heavy atom. The number of aliphatic carboxylic acids is 1. The average molecular weight is 257 g/mol. The molecule has 1 fully saturated rings. The predicted octanol–water partition coefficient (Wildman–Crippen LogP) is 1.60. The second kappa shape index (κ2) is 5.15. The number of aryl methyl sites for hydroxylation is 1. The minimum absolute atomic E-state index is 0.196. The van der Waals surface area contributed by atoms with Gasteiger partial charge in [0, 0.05) is 18.9 Å². The molecule has 1 aromatic carbocycles. The van der Waals surface area contributed by atoms with Crippen LogP contribution in [-0.2, 0) is 9.59 Å². The molecule has 0 aromatic heterocycles. The van der Waals surface area contributed by atoms with Crippen molar-refractivity contribution in [1.82, 2.24) is 4.90 Å². The number of rotatable bonds is 3. The highest BCUT2D eigenvalue weighted by Crippen LogP contribution is 2.30. The molecule has 0 saturated carbocycles. The first kappa shape index (κ1) is 13.2. The second-order valence-corrected chi connectivity index (χ2v) is 4.71. The van der Waals surface area contributed by atoms with Crippen LogP contribution < -0.4 is 0 Å². The van der Waals surface area contributed by atoms with E-state index < -0.39 is 12.0 Å². The lowest BCUT2D eigenvalue weighted by Gasteiger charge is -2.25. The van der Waals surface area contributed by atoms with Crippen molar-refractivity contribution < 1.29 is 14.7 Å². The number of carbonyl (C=O) groups excluding carboxylic acids is 1. The van der Waals surface area contributed by atoms with Crippen LogP contribution in [0.5, 0.6) is 0 Å². The summed E-state index contributed by atoms with van der Waals surface area (Å²) in [4.78, 5) is 24.8. The molecule has 1 saturated heterocycles. The van der Waals surface area contributed by atoms with E-state index in [0.29, 0.717) is 12.1 Å². The van der Waals surface area contributed by atoms with E-state index in [4.69, 9.17) is 6.42 Å². The van der Waals surface area contributed by atoms with Crippen molar-refractivity contribution in [3.8, 4) is 12.3 Å². The lowest BCUT2D eigenvalue weighted by atomic mass is 10.00. The van der Waals surface area contributed by atoms with Crippen molar-refractivity contribution in [2.45, 2.75) is 19.4 Å². The number of carboxylic acid groups (broad SMARTS) is 1. The van der Waals surface area contributed by atoms with Gasteiger partial charge in [0.1, 0.15) is 0 Å². The summed E-state index contributed by atoms with van der Waals surface area (Å²) >= 11 is 0. The summed E-state index contributed by atoms with van der Waals surface area (Å²) in [6.07, 6.45) is 5.56. The van der Waals surface area contributed by atoms with Crippen LogP contribution in [0.1, 0.15) is 23.6 Å². The first-order valence-electron chi connectivity index (χ1n) is 6.08. The Morgan fingerprint density at radius 3 is 2.74 bits per heavy atom. The summed E-state index contributed by atoms with van der Waals surface area (Å²) in [5.74, 6) is 1.11. The normalized spacial score (nSPS) is 20.1. The van der Waals surface area contributed by atoms with Gasteiger partial charge in [-0.25, -0.2) is 4.79 Å². The van der Waals surface area contributed by atoms with Gasteiger partial charge >= 0.3 is 5.97 Å². The standard InChI is InChI=1S/C15H15NO3/c1-3-11-8-13(17)16(9-11)14(15(18)19)12-7-5-4-6-10(12)2/h1,4-7,11,14H,8-9H2,2H3,(H,18,19). The Bertz CT molecular complexity index is 559. The van der Waals surface area contributed by atoms with Crippen LogP contribution in [0.3, 0.4) is 0 Å². The van der Waals surface area contributed by atoms with Crippen molar-refractivity contribution >= 4 is 11.9 Å². The van der Waals surface area contributed by atoms with Crippen molar-refractivity contribution in [3.63, 3.8) is 0 Å². The van der Waals surface area contributed by atoms with Crippen LogP contribution >= 0.6 is 0 Å². The lowest BCUT2D eigenvalue weighted by Crippen LogP contribution is -2.35. The van der Waals surface area contributed by atoms with Gasteiger partial charge in [0.15, 0.2) is 6.04 Å². The van der Waals surface area contributed by atoms with Gasteiger partial charge in [-0.1, -0.05) is 24.3 Å². The Kier molecular flexibility index (Phi) is 3.57. The quantitative estimate of drug-likeness (QED) is 0.837. The van der Waals surface area contributed by atoms with Crippen LogP contribution in [0.2, 0.25) is 0 Å². The van der Waals surface area contributed by atoms with Crippen LogP contribution in [-0.4, -0.2) is 28.4 Å². The lowest BCUT2D eigenvalue weighted by molar-refractivity contribution is -0.148. The van der Waals surface area contributed by atoms with E-state index in [1.165, 1.54) is 4.90 Å². The molecule has 19 heavy (non-hydrogen) atoms. The van der Waals surface area contributed by atoms with Crippen LogP contribution in [0, 0.1) is 25.2 Å². The molecule has 4 heteroatoms. The molecule has 2 atom stereocenters. The van der Waals surface area contributed by atoms with Crippen LogP contribution in [0.25, 0.3) is 0 Å². The highest BCUT2D eigenvalue weighted by Gasteiger charge is 2.38. The fraction of sp³-hybridized carbons (Fsp3) is 0.333. The molecular formula is C15H15NO3. The first-order valence-corrected chi connectivity index (χ1v) is 6.08. The smallest absolute Gasteiger partial charge is 0.331 e. The van der Waals surface area contributed by atoms with Gasteiger partial charge in [0.25, 0.3) is 0 Å². The zero-order valence-electron chi connectivity index (χ0n) is 10.7. The summed E-state index contributed by atoms with van der Waals surface area (Å²) < 4.78 is 0. The fourth-order valence-electron chi connectivity index (χ4n) is 2.42. The van der Waals surface area contributed by atoms with E-state index in [2.05, 4.69) is 5.92 Å². The van der Waals surface area contributed by atoms with E-state index in [9.17, 15) is 14.7 Å². The van der Waals surface area contributed by atoms with Gasteiger partial charge in [-0.05, 0) is 18.1 Å².